The van der Waals surface area contributed by atoms with Crippen LogP contribution in [0.3, 0.4) is 0 Å². The Kier molecular flexibility index (Phi) is 2.48. The number of benzene rings is 6. The van der Waals surface area contributed by atoms with E-state index in [0.717, 1.165) is 21.5 Å². The van der Waals surface area contributed by atoms with E-state index in [0.29, 0.717) is 16.7 Å². The SMILES string of the molecule is [2H]c1c([2H])c([2H])c2c(-c3c4ccccc4cc4c3oc3ccccc34)c3c([2H])c([2H])c([2H])c([2H])c3c(Br)c2c1[2H]. The Morgan fingerprint density at radius 3 is 1.91 bits per heavy atom. The summed E-state index contributed by atoms with van der Waals surface area (Å²) in [6.45, 7) is 0. The summed E-state index contributed by atoms with van der Waals surface area (Å²) in [5, 5.41) is 3.78. The minimum Gasteiger partial charge on any atom is -0.455 e. The number of fused-ring (bicyclic) bond motifs is 6. The van der Waals surface area contributed by atoms with Gasteiger partial charge in [0, 0.05) is 26.4 Å². The lowest BCUT2D eigenvalue weighted by molar-refractivity contribution is 0.670. The van der Waals surface area contributed by atoms with Crippen molar-refractivity contribution in [3.05, 3.63) is 107 Å². The van der Waals surface area contributed by atoms with E-state index in [4.69, 9.17) is 15.4 Å². The number of rotatable bonds is 1. The standard InChI is InChI=1S/C30H17BrO/c31-29-23-14-5-3-12-21(23)27(22-13-4-6-15-24(22)29)28-19-10-2-1-9-18(19)17-25-20-11-7-8-16-26(20)32-30(25)28/h1-17H/i3D,4D,5D,6D,12D,13D,14D,15D. The molecule has 2 heteroatoms. The molecule has 0 saturated carbocycles. The third kappa shape index (κ3) is 2.39. The molecule has 0 saturated heterocycles. The van der Waals surface area contributed by atoms with Crippen LogP contribution in [0, 0.1) is 0 Å². The molecule has 150 valence electrons. The molecule has 0 aliphatic heterocycles. The lowest BCUT2D eigenvalue weighted by Gasteiger charge is -2.16. The van der Waals surface area contributed by atoms with Gasteiger partial charge in [0.2, 0.25) is 0 Å². The third-order valence-corrected chi connectivity index (χ3v) is 6.75. The van der Waals surface area contributed by atoms with Crippen LogP contribution in [-0.2, 0) is 0 Å². The van der Waals surface area contributed by atoms with Gasteiger partial charge in [-0.2, -0.15) is 0 Å². The largest absolute Gasteiger partial charge is 0.455 e. The van der Waals surface area contributed by atoms with Gasteiger partial charge in [0.15, 0.2) is 0 Å². The van der Waals surface area contributed by atoms with Crippen LogP contribution in [0.4, 0.5) is 0 Å². The van der Waals surface area contributed by atoms with E-state index < -0.39 is 24.2 Å². The van der Waals surface area contributed by atoms with Gasteiger partial charge in [-0.3, -0.25) is 0 Å². The molecule has 32 heavy (non-hydrogen) atoms. The summed E-state index contributed by atoms with van der Waals surface area (Å²) in [6.07, 6.45) is 0. The van der Waals surface area contributed by atoms with Gasteiger partial charge in [0.25, 0.3) is 0 Å². The van der Waals surface area contributed by atoms with Crippen LogP contribution in [0.2, 0.25) is 0 Å². The van der Waals surface area contributed by atoms with Gasteiger partial charge in [-0.15, -0.1) is 0 Å². The zero-order chi connectivity index (χ0) is 28.2. The minimum atomic E-state index is -0.438. The molecular formula is C30H17BrO. The summed E-state index contributed by atoms with van der Waals surface area (Å²) in [4.78, 5) is 0. The fourth-order valence-corrected chi connectivity index (χ4v) is 5.19. The maximum atomic E-state index is 9.00. The van der Waals surface area contributed by atoms with Gasteiger partial charge >= 0.3 is 0 Å². The zero-order valence-electron chi connectivity index (χ0n) is 24.5. The van der Waals surface area contributed by atoms with Crippen molar-refractivity contribution in [2.45, 2.75) is 0 Å². The van der Waals surface area contributed by atoms with Crippen LogP contribution in [0.25, 0.3) is 65.4 Å². The monoisotopic (exact) mass is 480 g/mol. The first-order valence-corrected chi connectivity index (χ1v) is 10.9. The molecule has 7 rings (SSSR count). The van der Waals surface area contributed by atoms with Gasteiger partial charge in [-0.1, -0.05) is 90.8 Å². The van der Waals surface area contributed by atoms with E-state index in [9.17, 15) is 0 Å². The highest BCUT2D eigenvalue weighted by atomic mass is 79.9. The second-order valence-electron chi connectivity index (χ2n) is 7.64. The van der Waals surface area contributed by atoms with Crippen LogP contribution < -0.4 is 0 Å². The summed E-state index contributed by atoms with van der Waals surface area (Å²) >= 11 is 3.49. The Balaban J connectivity index is 1.92. The molecule has 0 N–H and O–H groups in total. The molecule has 0 bridgehead atoms. The van der Waals surface area contributed by atoms with Crippen molar-refractivity contribution >= 4 is 70.2 Å². The molecule has 1 nitrogen and oxygen atoms in total. The summed E-state index contributed by atoms with van der Waals surface area (Å²) in [5.41, 5.74) is 1.86. The average Bonchev–Trinajstić information content (AvgIpc) is 3.33. The van der Waals surface area contributed by atoms with Crippen molar-refractivity contribution in [1.29, 1.82) is 0 Å². The Labute approximate surface area is 204 Å². The molecule has 0 aliphatic rings. The lowest BCUT2D eigenvalue weighted by atomic mass is 9.88. The highest BCUT2D eigenvalue weighted by Crippen LogP contribution is 2.47. The Morgan fingerprint density at radius 2 is 1.19 bits per heavy atom. The second-order valence-corrected chi connectivity index (χ2v) is 8.43. The third-order valence-electron chi connectivity index (χ3n) is 5.95. The quantitative estimate of drug-likeness (QED) is 0.213. The van der Waals surface area contributed by atoms with Crippen molar-refractivity contribution in [2.24, 2.45) is 0 Å². The Bertz CT molecular complexity index is 2190. The van der Waals surface area contributed by atoms with Crippen LogP contribution in [0.15, 0.2) is 112 Å². The molecule has 0 radical (unpaired) electrons. The molecule has 0 fully saturated rings. The van der Waals surface area contributed by atoms with Gasteiger partial charge < -0.3 is 4.42 Å². The summed E-state index contributed by atoms with van der Waals surface area (Å²) in [5.74, 6) is 0. The molecule has 0 aliphatic carbocycles. The van der Waals surface area contributed by atoms with E-state index in [1.807, 2.05) is 54.6 Å². The van der Waals surface area contributed by atoms with Gasteiger partial charge in [-0.25, -0.2) is 0 Å². The van der Waals surface area contributed by atoms with Crippen LogP contribution in [-0.4, -0.2) is 0 Å². The van der Waals surface area contributed by atoms with Crippen molar-refractivity contribution in [1.82, 2.24) is 0 Å². The van der Waals surface area contributed by atoms with Crippen molar-refractivity contribution in [3.8, 4) is 11.1 Å². The van der Waals surface area contributed by atoms with E-state index in [2.05, 4.69) is 15.9 Å². The normalized spacial score (nSPS) is 15.4. The highest BCUT2D eigenvalue weighted by molar-refractivity contribution is 9.10. The Hall–Kier alpha value is -3.62. The first kappa shape index (κ1) is 11.8. The van der Waals surface area contributed by atoms with E-state index in [1.54, 1.807) is 0 Å². The first-order valence-electron chi connectivity index (χ1n) is 14.1. The molecule has 0 atom stereocenters. The van der Waals surface area contributed by atoms with Crippen LogP contribution in [0.5, 0.6) is 0 Å². The number of hydrogen-bond donors (Lipinski definition) is 0. The number of para-hydroxylation sites is 1. The smallest absolute Gasteiger partial charge is 0.143 e. The van der Waals surface area contributed by atoms with Gasteiger partial charge in [0.05, 0.1) is 11.0 Å². The number of halogens is 1. The average molecular weight is 481 g/mol. The van der Waals surface area contributed by atoms with Crippen molar-refractivity contribution in [3.63, 3.8) is 0 Å². The van der Waals surface area contributed by atoms with Crippen LogP contribution in [0.1, 0.15) is 11.0 Å². The predicted molar refractivity (Wildman–Crippen MR) is 139 cm³/mol. The predicted octanol–water partition coefficient (Wildman–Crippen LogP) is 9.48. The summed E-state index contributed by atoms with van der Waals surface area (Å²) in [6, 6.07) is 14.2. The van der Waals surface area contributed by atoms with Gasteiger partial charge in [-0.05, 0) is 60.4 Å². The van der Waals surface area contributed by atoms with Crippen LogP contribution >= 0.6 is 15.9 Å². The van der Waals surface area contributed by atoms with E-state index in [-0.39, 0.29) is 55.8 Å². The number of furan rings is 1. The first-order chi connectivity index (χ1) is 19.1. The van der Waals surface area contributed by atoms with Crippen molar-refractivity contribution in [2.75, 3.05) is 0 Å². The molecule has 1 heterocycles. The summed E-state index contributed by atoms with van der Waals surface area (Å²) in [7, 11) is 0. The molecule has 0 unspecified atom stereocenters. The molecular weight excluding hydrogens is 456 g/mol. The van der Waals surface area contributed by atoms with E-state index >= 15 is 0 Å². The molecule has 0 amide bonds. The van der Waals surface area contributed by atoms with E-state index in [1.165, 1.54) is 0 Å². The molecule has 6 aromatic carbocycles. The second kappa shape index (κ2) is 6.69. The lowest BCUT2D eigenvalue weighted by Crippen LogP contribution is -1.90. The fraction of sp³-hybridized carbons (Fsp3) is 0. The highest BCUT2D eigenvalue weighted by Gasteiger charge is 2.21. The summed E-state index contributed by atoms with van der Waals surface area (Å²) < 4.78 is 76.0. The molecule has 1 aromatic heterocycles. The maximum absolute atomic E-state index is 9.00. The topological polar surface area (TPSA) is 13.1 Å². The molecule has 0 spiro atoms. The van der Waals surface area contributed by atoms with Crippen molar-refractivity contribution < 1.29 is 15.4 Å². The maximum Gasteiger partial charge on any atom is 0.143 e. The fourth-order valence-electron chi connectivity index (χ4n) is 4.60. The minimum absolute atomic E-state index is 0.135. The Morgan fingerprint density at radius 1 is 0.594 bits per heavy atom. The number of hydrogen-bond acceptors (Lipinski definition) is 1. The zero-order valence-corrected chi connectivity index (χ0v) is 18.1. The molecule has 7 aromatic rings. The van der Waals surface area contributed by atoms with Gasteiger partial charge in [0.1, 0.15) is 11.2 Å².